The van der Waals surface area contributed by atoms with Crippen molar-refractivity contribution in [2.24, 2.45) is 0 Å². The van der Waals surface area contributed by atoms with Crippen molar-refractivity contribution < 1.29 is 13.2 Å². The fourth-order valence-corrected chi connectivity index (χ4v) is 4.84. The maximum atomic E-state index is 12.7. The number of thioether (sulfide) groups is 1. The molecule has 4 rings (SSSR count). The van der Waals surface area contributed by atoms with Gasteiger partial charge in [-0.15, -0.1) is 0 Å². The Morgan fingerprint density at radius 3 is 2.34 bits per heavy atom. The van der Waals surface area contributed by atoms with Crippen molar-refractivity contribution in [1.29, 1.82) is 0 Å². The average Bonchev–Trinajstić information content (AvgIpc) is 3.09. The van der Waals surface area contributed by atoms with Gasteiger partial charge in [-0.1, -0.05) is 41.1 Å². The molecule has 5 nitrogen and oxygen atoms in total. The first-order chi connectivity index (χ1) is 15.1. The molecule has 32 heavy (non-hydrogen) atoms. The van der Waals surface area contributed by atoms with E-state index in [0.29, 0.717) is 32.8 Å². The summed E-state index contributed by atoms with van der Waals surface area (Å²) in [4.78, 5) is 14.2. The van der Waals surface area contributed by atoms with Gasteiger partial charge < -0.3 is 10.6 Å². The second-order valence-corrected chi connectivity index (χ2v) is 9.49. The minimum absolute atomic E-state index is 0.00462. The van der Waals surface area contributed by atoms with E-state index < -0.39 is 5.51 Å². The van der Waals surface area contributed by atoms with Crippen LogP contribution >= 0.6 is 34.7 Å². The van der Waals surface area contributed by atoms with Gasteiger partial charge in [-0.2, -0.15) is 13.2 Å². The van der Waals surface area contributed by atoms with Crippen LogP contribution in [-0.2, 0) is 0 Å². The lowest BCUT2D eigenvalue weighted by Crippen LogP contribution is -2.01. The molecule has 0 unspecified atom stereocenters. The van der Waals surface area contributed by atoms with Crippen LogP contribution in [-0.4, -0.2) is 20.5 Å². The summed E-state index contributed by atoms with van der Waals surface area (Å²) >= 11 is 7.20. The Labute approximate surface area is 195 Å². The second kappa shape index (κ2) is 8.76. The largest absolute Gasteiger partial charge is 0.446 e. The standard InChI is InChI=1S/C21H17ClF3N5S2/c1-10-5-4-6-11(2)16(10)29-20-30-17-18(26-12(3)27-19(17)31-20)28-13-7-8-15(14(22)9-13)32-21(23,24)25/h4-9H,1-3H3,(H,29,30)(H,26,27,28). The zero-order valence-electron chi connectivity index (χ0n) is 17.1. The number of thiazole rings is 1. The molecule has 0 saturated carbocycles. The summed E-state index contributed by atoms with van der Waals surface area (Å²) in [6, 6.07) is 10.3. The molecule has 0 aliphatic rings. The maximum absolute atomic E-state index is 12.7. The van der Waals surface area contributed by atoms with Crippen molar-refractivity contribution in [3.05, 3.63) is 58.4 Å². The first-order valence-electron chi connectivity index (χ1n) is 9.40. The summed E-state index contributed by atoms with van der Waals surface area (Å²) in [6.45, 7) is 5.80. The fourth-order valence-electron chi connectivity index (χ4n) is 3.11. The van der Waals surface area contributed by atoms with Gasteiger partial charge >= 0.3 is 5.51 Å². The Morgan fingerprint density at radius 1 is 0.969 bits per heavy atom. The van der Waals surface area contributed by atoms with Gasteiger partial charge in [0, 0.05) is 16.3 Å². The lowest BCUT2D eigenvalue weighted by molar-refractivity contribution is -0.0328. The van der Waals surface area contributed by atoms with Gasteiger partial charge in [0.25, 0.3) is 0 Å². The van der Waals surface area contributed by atoms with E-state index >= 15 is 0 Å². The highest BCUT2D eigenvalue weighted by Gasteiger charge is 2.30. The molecule has 0 radical (unpaired) electrons. The summed E-state index contributed by atoms with van der Waals surface area (Å²) in [6.07, 6.45) is 0. The number of hydrogen-bond donors (Lipinski definition) is 2. The number of nitrogens with one attached hydrogen (secondary N) is 2. The van der Waals surface area contributed by atoms with Crippen LogP contribution in [0, 0.1) is 20.8 Å². The summed E-state index contributed by atoms with van der Waals surface area (Å²) in [5.74, 6) is 0.989. The molecule has 0 amide bonds. The van der Waals surface area contributed by atoms with E-state index in [4.69, 9.17) is 11.6 Å². The fraction of sp³-hybridized carbons (Fsp3) is 0.190. The third-order valence-corrected chi connectivity index (χ3v) is 6.60. The number of aromatic nitrogens is 3. The molecule has 166 valence electrons. The molecule has 2 aromatic heterocycles. The highest BCUT2D eigenvalue weighted by atomic mass is 35.5. The first kappa shape index (κ1) is 22.6. The molecule has 2 N–H and O–H groups in total. The molecule has 0 bridgehead atoms. The molecule has 11 heteroatoms. The van der Waals surface area contributed by atoms with Crippen molar-refractivity contribution in [2.45, 2.75) is 31.2 Å². The third-order valence-electron chi connectivity index (χ3n) is 4.50. The van der Waals surface area contributed by atoms with E-state index in [1.165, 1.54) is 29.5 Å². The number of benzene rings is 2. The first-order valence-corrected chi connectivity index (χ1v) is 11.4. The van der Waals surface area contributed by atoms with Crippen molar-refractivity contribution in [2.75, 3.05) is 10.6 Å². The monoisotopic (exact) mass is 495 g/mol. The summed E-state index contributed by atoms with van der Waals surface area (Å²) in [5, 5.41) is 7.13. The second-order valence-electron chi connectivity index (χ2n) is 7.00. The number of nitrogens with zero attached hydrogens (tertiary/aromatic N) is 3. The van der Waals surface area contributed by atoms with Gasteiger partial charge in [0.1, 0.15) is 11.3 Å². The van der Waals surface area contributed by atoms with Gasteiger partial charge in [0.2, 0.25) is 0 Å². The zero-order valence-corrected chi connectivity index (χ0v) is 19.5. The quantitative estimate of drug-likeness (QED) is 0.276. The average molecular weight is 496 g/mol. The SMILES string of the molecule is Cc1nc(Nc2ccc(SC(F)(F)F)c(Cl)c2)c2nc(Nc3c(C)cccc3C)sc2n1. The number of aryl methyl sites for hydroxylation is 3. The van der Waals surface area contributed by atoms with Gasteiger partial charge in [-0.3, -0.25) is 0 Å². The molecule has 4 aromatic rings. The van der Waals surface area contributed by atoms with Crippen LogP contribution in [0.3, 0.4) is 0 Å². The van der Waals surface area contributed by atoms with Crippen LogP contribution in [0.4, 0.5) is 35.5 Å². The molecule has 0 saturated heterocycles. The highest BCUT2D eigenvalue weighted by molar-refractivity contribution is 8.00. The third kappa shape index (κ3) is 5.08. The topological polar surface area (TPSA) is 62.7 Å². The van der Waals surface area contributed by atoms with E-state index in [2.05, 4.69) is 25.6 Å². The summed E-state index contributed by atoms with van der Waals surface area (Å²) in [5.41, 5.74) is -0.186. The maximum Gasteiger partial charge on any atom is 0.446 e. The molecule has 0 aliphatic heterocycles. The number of fused-ring (bicyclic) bond motifs is 1. The van der Waals surface area contributed by atoms with Gasteiger partial charge in [0.05, 0.1) is 5.02 Å². The van der Waals surface area contributed by atoms with Crippen molar-refractivity contribution in [3.63, 3.8) is 0 Å². The predicted molar refractivity (Wildman–Crippen MR) is 126 cm³/mol. The smallest absolute Gasteiger partial charge is 0.338 e. The van der Waals surface area contributed by atoms with Crippen molar-refractivity contribution >= 4 is 67.4 Å². The number of rotatable bonds is 5. The van der Waals surface area contributed by atoms with Crippen LogP contribution in [0.5, 0.6) is 0 Å². The Morgan fingerprint density at radius 2 is 1.69 bits per heavy atom. The minimum Gasteiger partial charge on any atom is -0.338 e. The molecular weight excluding hydrogens is 479 g/mol. The van der Waals surface area contributed by atoms with Gasteiger partial charge in [-0.05, 0) is 61.9 Å². The normalized spacial score (nSPS) is 11.7. The van der Waals surface area contributed by atoms with Crippen LogP contribution in [0.25, 0.3) is 10.3 Å². The predicted octanol–water partition coefficient (Wildman–Crippen LogP) is 7.76. The van der Waals surface area contributed by atoms with Crippen molar-refractivity contribution in [3.8, 4) is 0 Å². The van der Waals surface area contributed by atoms with E-state index in [-0.39, 0.29) is 21.7 Å². The summed E-state index contributed by atoms with van der Waals surface area (Å²) in [7, 11) is 0. The molecule has 0 aliphatic carbocycles. The Hall–Kier alpha value is -2.56. The number of para-hydroxylation sites is 1. The highest BCUT2D eigenvalue weighted by Crippen LogP contribution is 2.41. The van der Waals surface area contributed by atoms with Crippen LogP contribution in [0.15, 0.2) is 41.3 Å². The molecule has 2 heterocycles. The van der Waals surface area contributed by atoms with E-state index in [1.54, 1.807) is 6.92 Å². The minimum atomic E-state index is -4.41. The van der Waals surface area contributed by atoms with Gasteiger partial charge in [-0.25, -0.2) is 15.0 Å². The molecule has 2 aromatic carbocycles. The summed E-state index contributed by atoms with van der Waals surface area (Å²) < 4.78 is 38.0. The Kier molecular flexibility index (Phi) is 6.19. The number of anilines is 4. The molecular formula is C21H17ClF3N5S2. The van der Waals surface area contributed by atoms with E-state index in [9.17, 15) is 13.2 Å². The van der Waals surface area contributed by atoms with Gasteiger partial charge in [0.15, 0.2) is 15.8 Å². The van der Waals surface area contributed by atoms with Crippen LogP contribution < -0.4 is 10.6 Å². The van der Waals surface area contributed by atoms with E-state index in [1.807, 2.05) is 32.0 Å². The van der Waals surface area contributed by atoms with Crippen LogP contribution in [0.1, 0.15) is 17.0 Å². The molecule has 0 fully saturated rings. The number of halogens is 4. The Bertz CT molecular complexity index is 1290. The lowest BCUT2D eigenvalue weighted by atomic mass is 10.1. The number of hydrogen-bond acceptors (Lipinski definition) is 7. The molecule has 0 spiro atoms. The molecule has 0 atom stereocenters. The Balaban J connectivity index is 1.65. The van der Waals surface area contributed by atoms with Crippen molar-refractivity contribution in [1.82, 2.24) is 15.0 Å². The zero-order chi connectivity index (χ0) is 23.0. The van der Waals surface area contributed by atoms with Crippen LogP contribution in [0.2, 0.25) is 5.02 Å². The lowest BCUT2D eigenvalue weighted by Gasteiger charge is -2.11. The number of alkyl halides is 3. The van der Waals surface area contributed by atoms with E-state index in [0.717, 1.165) is 16.8 Å².